The molecule has 62 valence electrons. The highest BCUT2D eigenvalue weighted by Gasteiger charge is 2.11. The van der Waals surface area contributed by atoms with Gasteiger partial charge in [-0.3, -0.25) is 4.79 Å². The van der Waals surface area contributed by atoms with Crippen LogP contribution in [0.5, 0.6) is 0 Å². The van der Waals surface area contributed by atoms with Crippen molar-refractivity contribution in [2.45, 2.75) is 6.82 Å². The average Bonchev–Trinajstić information content (AvgIpc) is 2.03. The lowest BCUT2D eigenvalue weighted by molar-refractivity contribution is 0.112. The van der Waals surface area contributed by atoms with Crippen LogP contribution in [-0.4, -0.2) is 18.2 Å². The smallest absolute Gasteiger partial charge is 0.321 e. The molecule has 4 heteroatoms. The van der Waals surface area contributed by atoms with Gasteiger partial charge in [0.25, 0.3) is 0 Å². The molecule has 12 heavy (non-hydrogen) atoms. The van der Waals surface area contributed by atoms with Gasteiger partial charge in [0.1, 0.15) is 12.1 Å². The lowest BCUT2D eigenvalue weighted by atomic mass is 9.63. The fourth-order valence-electron chi connectivity index (χ4n) is 1.03. The Hall–Kier alpha value is -1.16. The van der Waals surface area contributed by atoms with E-state index in [1.807, 2.05) is 0 Å². The van der Waals surface area contributed by atoms with Crippen LogP contribution in [0.15, 0.2) is 18.2 Å². The number of hydrogen-bond donors (Lipinski definition) is 1. The fourth-order valence-corrected chi connectivity index (χ4v) is 1.03. The Morgan fingerprint density at radius 2 is 2.25 bits per heavy atom. The third kappa shape index (κ3) is 1.71. The van der Waals surface area contributed by atoms with Crippen LogP contribution in [-0.2, 0) is 0 Å². The van der Waals surface area contributed by atoms with Gasteiger partial charge in [-0.1, -0.05) is 12.9 Å². The van der Waals surface area contributed by atoms with Crippen LogP contribution in [0.2, 0.25) is 6.82 Å². The molecule has 0 saturated heterocycles. The van der Waals surface area contributed by atoms with Crippen molar-refractivity contribution in [3.05, 3.63) is 29.6 Å². The number of carbonyl (C=O) groups excluding carboxylic acids is 1. The molecule has 0 aromatic heterocycles. The molecule has 0 heterocycles. The Balaban J connectivity index is 3.20. The van der Waals surface area contributed by atoms with E-state index in [2.05, 4.69) is 0 Å². The molecular formula is C8H8BFO2. The number of hydrogen-bond acceptors (Lipinski definition) is 2. The van der Waals surface area contributed by atoms with Crippen molar-refractivity contribution in [2.24, 2.45) is 0 Å². The summed E-state index contributed by atoms with van der Waals surface area (Å²) in [4.78, 5) is 10.4. The topological polar surface area (TPSA) is 37.3 Å². The second-order valence-electron chi connectivity index (χ2n) is 2.57. The zero-order chi connectivity index (χ0) is 9.14. The SMILES string of the molecule is CB(O)c1ccc(F)cc1C=O. The molecule has 0 aliphatic carbocycles. The first kappa shape index (κ1) is 8.94. The maximum absolute atomic E-state index is 12.6. The van der Waals surface area contributed by atoms with Crippen molar-refractivity contribution in [2.75, 3.05) is 0 Å². The molecular weight excluding hydrogens is 158 g/mol. The summed E-state index contributed by atoms with van der Waals surface area (Å²) in [5.41, 5.74) is 0.649. The van der Waals surface area contributed by atoms with Crippen LogP contribution in [0, 0.1) is 5.82 Å². The van der Waals surface area contributed by atoms with E-state index in [0.717, 1.165) is 6.07 Å². The second-order valence-corrected chi connectivity index (χ2v) is 2.57. The van der Waals surface area contributed by atoms with E-state index in [1.165, 1.54) is 19.0 Å². The summed E-state index contributed by atoms with van der Waals surface area (Å²) in [6, 6.07) is 3.73. The van der Waals surface area contributed by atoms with E-state index in [9.17, 15) is 9.18 Å². The molecule has 0 amide bonds. The fraction of sp³-hybridized carbons (Fsp3) is 0.125. The number of halogens is 1. The van der Waals surface area contributed by atoms with Crippen LogP contribution in [0.3, 0.4) is 0 Å². The van der Waals surface area contributed by atoms with Crippen molar-refractivity contribution in [3.63, 3.8) is 0 Å². The summed E-state index contributed by atoms with van der Waals surface area (Å²) < 4.78 is 12.6. The van der Waals surface area contributed by atoms with Crippen molar-refractivity contribution < 1.29 is 14.2 Å². The van der Waals surface area contributed by atoms with E-state index in [4.69, 9.17) is 5.02 Å². The number of rotatable bonds is 2. The summed E-state index contributed by atoms with van der Waals surface area (Å²) in [7, 11) is 0. The van der Waals surface area contributed by atoms with Crippen molar-refractivity contribution in [1.82, 2.24) is 0 Å². The van der Waals surface area contributed by atoms with Crippen LogP contribution in [0.4, 0.5) is 4.39 Å². The summed E-state index contributed by atoms with van der Waals surface area (Å²) in [5.74, 6) is -0.471. The highest BCUT2D eigenvalue weighted by Crippen LogP contribution is 1.99. The van der Waals surface area contributed by atoms with Gasteiger partial charge in [-0.05, 0) is 17.6 Å². The third-order valence-electron chi connectivity index (χ3n) is 1.63. The molecule has 0 radical (unpaired) electrons. The van der Waals surface area contributed by atoms with Gasteiger partial charge in [-0.2, -0.15) is 0 Å². The van der Waals surface area contributed by atoms with E-state index < -0.39 is 12.7 Å². The van der Waals surface area contributed by atoms with E-state index in [-0.39, 0.29) is 5.56 Å². The van der Waals surface area contributed by atoms with Crippen LogP contribution < -0.4 is 5.46 Å². The molecule has 1 aromatic carbocycles. The van der Waals surface area contributed by atoms with Gasteiger partial charge in [-0.15, -0.1) is 0 Å². The van der Waals surface area contributed by atoms with E-state index in [0.29, 0.717) is 11.7 Å². The summed E-state index contributed by atoms with van der Waals surface area (Å²) >= 11 is 0. The van der Waals surface area contributed by atoms with Gasteiger partial charge in [0, 0.05) is 5.56 Å². The predicted molar refractivity (Wildman–Crippen MR) is 45.3 cm³/mol. The van der Waals surface area contributed by atoms with Crippen molar-refractivity contribution in [1.29, 1.82) is 0 Å². The highest BCUT2D eigenvalue weighted by molar-refractivity contribution is 6.66. The molecule has 0 saturated carbocycles. The predicted octanol–water partition coefficient (Wildman–Crippen LogP) is 0.459. The molecule has 2 nitrogen and oxygen atoms in total. The zero-order valence-corrected chi connectivity index (χ0v) is 6.62. The lowest BCUT2D eigenvalue weighted by Crippen LogP contribution is -2.29. The Kier molecular flexibility index (Phi) is 2.60. The number of benzene rings is 1. The van der Waals surface area contributed by atoms with Gasteiger partial charge in [-0.25, -0.2) is 4.39 Å². The van der Waals surface area contributed by atoms with Crippen molar-refractivity contribution >= 4 is 18.7 Å². The van der Waals surface area contributed by atoms with Gasteiger partial charge < -0.3 is 5.02 Å². The second kappa shape index (κ2) is 3.49. The number of carbonyl (C=O) groups is 1. The summed E-state index contributed by atoms with van der Waals surface area (Å²) in [5, 5.41) is 9.15. The monoisotopic (exact) mass is 166 g/mol. The molecule has 1 N–H and O–H groups in total. The molecule has 0 atom stereocenters. The highest BCUT2D eigenvalue weighted by atomic mass is 19.1. The Bertz CT molecular complexity index is 299. The minimum atomic E-state index is -0.745. The van der Waals surface area contributed by atoms with Crippen molar-refractivity contribution in [3.8, 4) is 0 Å². The standard InChI is InChI=1S/C8H8BFO2/c1-9(12)8-3-2-7(10)4-6(8)5-11/h2-5,12H,1H3. The largest absolute Gasteiger partial charge is 0.446 e. The molecule has 1 aromatic rings. The first-order valence-electron chi connectivity index (χ1n) is 3.58. The quantitative estimate of drug-likeness (QED) is 0.511. The molecule has 0 aliphatic rings. The molecule has 0 spiro atoms. The van der Waals surface area contributed by atoms with E-state index in [1.54, 1.807) is 0 Å². The Morgan fingerprint density at radius 1 is 1.58 bits per heavy atom. The van der Waals surface area contributed by atoms with Crippen LogP contribution >= 0.6 is 0 Å². The van der Waals surface area contributed by atoms with Crippen LogP contribution in [0.25, 0.3) is 0 Å². The zero-order valence-electron chi connectivity index (χ0n) is 6.62. The normalized spacial score (nSPS) is 9.58. The summed E-state index contributed by atoms with van der Waals surface area (Å²) in [6.45, 7) is 0.783. The Labute approximate surface area is 70.1 Å². The average molecular weight is 166 g/mol. The maximum Gasteiger partial charge on any atom is 0.321 e. The first-order chi connectivity index (χ1) is 5.65. The van der Waals surface area contributed by atoms with Gasteiger partial charge >= 0.3 is 6.92 Å². The molecule has 1 rings (SSSR count). The number of aldehydes is 1. The molecule has 0 fully saturated rings. The molecule has 0 aliphatic heterocycles. The summed E-state index contributed by atoms with van der Waals surface area (Å²) in [6.07, 6.45) is 0.533. The van der Waals surface area contributed by atoms with Gasteiger partial charge in [0.05, 0.1) is 0 Å². The maximum atomic E-state index is 12.6. The minimum Gasteiger partial charge on any atom is -0.446 e. The minimum absolute atomic E-state index is 0.199. The Morgan fingerprint density at radius 3 is 2.75 bits per heavy atom. The molecule has 0 unspecified atom stereocenters. The van der Waals surface area contributed by atoms with E-state index >= 15 is 0 Å². The third-order valence-corrected chi connectivity index (χ3v) is 1.63. The first-order valence-corrected chi connectivity index (χ1v) is 3.58. The lowest BCUT2D eigenvalue weighted by Gasteiger charge is -2.03. The van der Waals surface area contributed by atoms with Gasteiger partial charge in [0.2, 0.25) is 0 Å². The molecule has 0 bridgehead atoms. The van der Waals surface area contributed by atoms with Crippen LogP contribution in [0.1, 0.15) is 10.4 Å². The van der Waals surface area contributed by atoms with Gasteiger partial charge in [0.15, 0.2) is 0 Å².